The molecule has 2 aliphatic rings. The minimum atomic E-state index is -2.83. The Morgan fingerprint density at radius 3 is 2.64 bits per heavy atom. The predicted molar refractivity (Wildman–Crippen MR) is 103 cm³/mol. The van der Waals surface area contributed by atoms with Gasteiger partial charge in [0.2, 0.25) is 0 Å². The van der Waals surface area contributed by atoms with Gasteiger partial charge in [0.1, 0.15) is 5.75 Å². The van der Waals surface area contributed by atoms with Gasteiger partial charge in [-0.3, -0.25) is 0 Å². The van der Waals surface area contributed by atoms with Crippen LogP contribution in [-0.2, 0) is 9.53 Å². The number of esters is 1. The van der Waals surface area contributed by atoms with Crippen LogP contribution in [0.1, 0.15) is 31.7 Å². The van der Waals surface area contributed by atoms with E-state index in [1.807, 2.05) is 12.2 Å². The van der Waals surface area contributed by atoms with Crippen molar-refractivity contribution in [2.24, 2.45) is 11.8 Å². The molecule has 0 heterocycles. The zero-order chi connectivity index (χ0) is 19.9. The van der Waals surface area contributed by atoms with Crippen molar-refractivity contribution in [2.45, 2.75) is 32.8 Å². The van der Waals surface area contributed by atoms with Gasteiger partial charge in [0.25, 0.3) is 0 Å². The van der Waals surface area contributed by atoms with Crippen LogP contribution in [0.25, 0.3) is 0 Å². The molecule has 1 atom stereocenters. The maximum atomic E-state index is 12.2. The first-order valence-electron chi connectivity index (χ1n) is 9.34. The summed E-state index contributed by atoms with van der Waals surface area (Å²) in [5, 5.41) is 0. The van der Waals surface area contributed by atoms with Crippen molar-refractivity contribution >= 4 is 5.97 Å². The van der Waals surface area contributed by atoms with Crippen molar-refractivity contribution in [3.05, 3.63) is 65.3 Å². The second kappa shape index (κ2) is 9.36. The second-order valence-electron chi connectivity index (χ2n) is 6.82. The fourth-order valence-corrected chi connectivity index (χ4v) is 3.38. The quantitative estimate of drug-likeness (QED) is 0.405. The molecule has 0 radical (unpaired) electrons. The molecule has 0 saturated heterocycles. The van der Waals surface area contributed by atoms with Gasteiger partial charge < -0.3 is 9.47 Å². The second-order valence-corrected chi connectivity index (χ2v) is 6.82. The number of alkyl halides is 2. The van der Waals surface area contributed by atoms with E-state index in [1.165, 1.54) is 12.1 Å². The Morgan fingerprint density at radius 1 is 1.21 bits per heavy atom. The van der Waals surface area contributed by atoms with Crippen molar-refractivity contribution in [1.82, 2.24) is 0 Å². The Morgan fingerprint density at radius 2 is 1.96 bits per heavy atom. The highest BCUT2D eigenvalue weighted by Gasteiger charge is 2.31. The number of hydrogen-bond donors (Lipinski definition) is 0. The molecule has 0 aliphatic heterocycles. The number of rotatable bonds is 5. The first kappa shape index (κ1) is 19.9. The molecule has 3 nitrogen and oxygen atoms in total. The highest BCUT2D eigenvalue weighted by atomic mass is 19.3. The minimum absolute atomic E-state index is 0.122. The predicted octanol–water partition coefficient (Wildman–Crippen LogP) is 5.04. The summed E-state index contributed by atoms with van der Waals surface area (Å²) in [7, 11) is 0. The molecule has 0 spiro atoms. The van der Waals surface area contributed by atoms with E-state index in [9.17, 15) is 13.6 Å². The normalized spacial score (nSPS) is 20.6. The van der Waals surface area contributed by atoms with Crippen LogP contribution in [0, 0.1) is 23.7 Å². The van der Waals surface area contributed by atoms with Crippen LogP contribution >= 0.6 is 0 Å². The lowest BCUT2D eigenvalue weighted by Crippen LogP contribution is -2.25. The van der Waals surface area contributed by atoms with Crippen molar-refractivity contribution in [2.75, 3.05) is 6.61 Å². The summed E-state index contributed by atoms with van der Waals surface area (Å²) in [5.41, 5.74) is 2.94. The van der Waals surface area contributed by atoms with Gasteiger partial charge >= 0.3 is 12.6 Å². The summed E-state index contributed by atoms with van der Waals surface area (Å²) < 4.78 is 33.6. The van der Waals surface area contributed by atoms with Gasteiger partial charge in [-0.25, -0.2) is 4.79 Å². The average molecular weight is 384 g/mol. The third kappa shape index (κ3) is 5.56. The third-order valence-corrected chi connectivity index (χ3v) is 4.82. The maximum absolute atomic E-state index is 12.2. The Bertz CT molecular complexity index is 846. The molecule has 1 aromatic rings. The molecular formula is C23H22F2O3. The largest absolute Gasteiger partial charge is 0.463 e. The number of allylic oxidation sites excluding steroid dienone is 5. The summed E-state index contributed by atoms with van der Waals surface area (Å²) in [5.74, 6) is 7.04. The SMILES string of the molecule is CCOC(=O)C=C1CC(C2C=CC=C(C#Cc3ccc(OC(F)F)cc3)C2)C1. The van der Waals surface area contributed by atoms with E-state index < -0.39 is 6.61 Å². The van der Waals surface area contributed by atoms with Crippen LogP contribution in [0.15, 0.2) is 59.7 Å². The first-order valence-corrected chi connectivity index (χ1v) is 9.34. The van der Waals surface area contributed by atoms with Crippen LogP contribution in [0.2, 0.25) is 0 Å². The fraction of sp³-hybridized carbons (Fsp3) is 0.348. The number of hydrogen-bond acceptors (Lipinski definition) is 3. The molecule has 0 bridgehead atoms. The molecular weight excluding hydrogens is 362 g/mol. The molecule has 1 saturated carbocycles. The topological polar surface area (TPSA) is 35.5 Å². The van der Waals surface area contributed by atoms with Gasteiger partial charge in [-0.05, 0) is 62.3 Å². The standard InChI is InChI=1S/C23H22F2O3/c1-2-27-22(26)15-18-13-20(14-18)19-5-3-4-17(12-19)7-6-16-8-10-21(11-9-16)28-23(24)25/h3-5,8-11,15,19-20,23H,2,12-14H2,1H3. The highest BCUT2D eigenvalue weighted by molar-refractivity contribution is 5.83. The Balaban J connectivity index is 1.53. The lowest BCUT2D eigenvalue weighted by molar-refractivity contribution is -0.137. The van der Waals surface area contributed by atoms with E-state index in [1.54, 1.807) is 25.1 Å². The number of benzene rings is 1. The van der Waals surface area contributed by atoms with E-state index >= 15 is 0 Å². The summed E-state index contributed by atoms with van der Waals surface area (Å²) in [4.78, 5) is 11.5. The average Bonchev–Trinajstić information content (AvgIpc) is 2.64. The molecule has 2 aliphatic carbocycles. The molecule has 1 unspecified atom stereocenters. The van der Waals surface area contributed by atoms with Gasteiger partial charge in [-0.15, -0.1) is 0 Å². The van der Waals surface area contributed by atoms with Gasteiger partial charge in [0.05, 0.1) is 6.61 Å². The molecule has 5 heteroatoms. The fourth-order valence-electron chi connectivity index (χ4n) is 3.38. The van der Waals surface area contributed by atoms with E-state index in [4.69, 9.17) is 4.74 Å². The van der Waals surface area contributed by atoms with Crippen molar-refractivity contribution in [3.63, 3.8) is 0 Å². The van der Waals surface area contributed by atoms with Gasteiger partial charge in [-0.2, -0.15) is 8.78 Å². The first-order chi connectivity index (χ1) is 13.5. The zero-order valence-electron chi connectivity index (χ0n) is 15.7. The molecule has 28 heavy (non-hydrogen) atoms. The minimum Gasteiger partial charge on any atom is -0.463 e. The summed E-state index contributed by atoms with van der Waals surface area (Å²) >= 11 is 0. The zero-order valence-corrected chi connectivity index (χ0v) is 15.7. The lowest BCUT2D eigenvalue weighted by atomic mass is 9.69. The smallest absolute Gasteiger partial charge is 0.387 e. The Kier molecular flexibility index (Phi) is 6.65. The summed E-state index contributed by atoms with van der Waals surface area (Å²) in [6, 6.07) is 6.30. The van der Waals surface area contributed by atoms with Crippen LogP contribution in [0.5, 0.6) is 5.75 Å². The number of halogens is 2. The molecule has 3 rings (SSSR count). The highest BCUT2D eigenvalue weighted by Crippen LogP contribution is 2.42. The molecule has 0 amide bonds. The molecule has 0 aromatic heterocycles. The van der Waals surface area contributed by atoms with Crippen molar-refractivity contribution < 1.29 is 23.0 Å². The van der Waals surface area contributed by atoms with Crippen LogP contribution < -0.4 is 4.74 Å². The van der Waals surface area contributed by atoms with E-state index in [-0.39, 0.29) is 11.7 Å². The van der Waals surface area contributed by atoms with E-state index in [2.05, 4.69) is 22.7 Å². The molecule has 146 valence electrons. The van der Waals surface area contributed by atoms with Crippen LogP contribution in [0.4, 0.5) is 8.78 Å². The van der Waals surface area contributed by atoms with Crippen molar-refractivity contribution in [3.8, 4) is 17.6 Å². The number of carbonyl (C=O) groups excluding carboxylic acids is 1. The molecule has 0 N–H and O–H groups in total. The monoisotopic (exact) mass is 384 g/mol. The summed E-state index contributed by atoms with van der Waals surface area (Å²) in [6.07, 6.45) is 10.6. The van der Waals surface area contributed by atoms with Gasteiger partial charge in [0.15, 0.2) is 0 Å². The maximum Gasteiger partial charge on any atom is 0.387 e. The van der Waals surface area contributed by atoms with Crippen molar-refractivity contribution in [1.29, 1.82) is 0 Å². The molecule has 1 fully saturated rings. The number of ether oxygens (including phenoxy) is 2. The van der Waals surface area contributed by atoms with E-state index in [0.717, 1.165) is 36.0 Å². The van der Waals surface area contributed by atoms with Gasteiger partial charge in [-0.1, -0.05) is 35.6 Å². The molecule has 1 aromatic carbocycles. The Labute approximate surface area is 163 Å². The van der Waals surface area contributed by atoms with Crippen LogP contribution in [-0.4, -0.2) is 19.2 Å². The third-order valence-electron chi connectivity index (χ3n) is 4.82. The Hall–Kier alpha value is -2.87. The van der Waals surface area contributed by atoms with Gasteiger partial charge in [0, 0.05) is 17.2 Å². The van der Waals surface area contributed by atoms with Crippen LogP contribution in [0.3, 0.4) is 0 Å². The number of carbonyl (C=O) groups is 1. The van der Waals surface area contributed by atoms with E-state index in [0.29, 0.717) is 18.4 Å². The lowest BCUT2D eigenvalue weighted by Gasteiger charge is -2.35. The summed E-state index contributed by atoms with van der Waals surface area (Å²) in [6.45, 7) is -0.633.